The van der Waals surface area contributed by atoms with Gasteiger partial charge in [-0.2, -0.15) is 0 Å². The van der Waals surface area contributed by atoms with Crippen LogP contribution in [0, 0.1) is 17.8 Å². The number of hydrogen-bond donors (Lipinski definition) is 4. The minimum absolute atomic E-state index is 0.0623. The van der Waals surface area contributed by atoms with Crippen molar-refractivity contribution in [3.63, 3.8) is 0 Å². The fourth-order valence-corrected chi connectivity index (χ4v) is 3.92. The van der Waals surface area contributed by atoms with Crippen LogP contribution in [0.15, 0.2) is 11.8 Å². The first-order chi connectivity index (χ1) is 12.8. The van der Waals surface area contributed by atoms with Crippen molar-refractivity contribution in [1.29, 1.82) is 0 Å². The number of Topliss-reactive ketones (excluding diaryl/α,β-unsaturated/α-hetero) is 1. The number of rotatable bonds is 4. The van der Waals surface area contributed by atoms with E-state index in [-0.39, 0.29) is 17.8 Å². The zero-order chi connectivity index (χ0) is 19.9. The first-order valence-electron chi connectivity index (χ1n) is 8.72. The molecule has 2 heterocycles. The maximum atomic E-state index is 12.2. The molecule has 10 nitrogen and oxygen atoms in total. The van der Waals surface area contributed by atoms with Gasteiger partial charge >= 0.3 is 5.97 Å². The van der Waals surface area contributed by atoms with Crippen LogP contribution in [0.2, 0.25) is 0 Å². The molecule has 0 aromatic heterocycles. The average Bonchev–Trinajstić information content (AvgIpc) is 2.96. The Kier molecular flexibility index (Phi) is 5.84. The molecular weight excluding hydrogens is 364 g/mol. The Morgan fingerprint density at radius 2 is 1.93 bits per heavy atom. The summed E-state index contributed by atoms with van der Waals surface area (Å²) in [6.45, 7) is 1.10. The zero-order valence-electron chi connectivity index (χ0n) is 14.9. The summed E-state index contributed by atoms with van der Waals surface area (Å²) in [5, 5.41) is 39.1. The van der Waals surface area contributed by atoms with Crippen molar-refractivity contribution >= 4 is 11.8 Å². The van der Waals surface area contributed by atoms with Crippen LogP contribution in [0.3, 0.4) is 0 Å². The van der Waals surface area contributed by atoms with Crippen LogP contribution in [0.4, 0.5) is 0 Å². The number of carbonyl (C=O) groups is 2. The molecule has 1 saturated carbocycles. The fourth-order valence-electron chi connectivity index (χ4n) is 3.92. The van der Waals surface area contributed by atoms with Crippen molar-refractivity contribution in [2.24, 2.45) is 17.8 Å². The van der Waals surface area contributed by atoms with Crippen LogP contribution in [-0.4, -0.2) is 82.9 Å². The molecule has 1 saturated heterocycles. The predicted octanol–water partition coefficient (Wildman–Crippen LogP) is -1.94. The van der Waals surface area contributed by atoms with Gasteiger partial charge in [0, 0.05) is 24.2 Å². The van der Waals surface area contributed by atoms with Gasteiger partial charge < -0.3 is 39.4 Å². The van der Waals surface area contributed by atoms with E-state index in [4.69, 9.17) is 18.9 Å². The van der Waals surface area contributed by atoms with Crippen molar-refractivity contribution in [1.82, 2.24) is 0 Å². The number of carbonyl (C=O) groups excluding carboxylic acids is 2. The van der Waals surface area contributed by atoms with E-state index >= 15 is 0 Å². The van der Waals surface area contributed by atoms with Gasteiger partial charge in [0.15, 0.2) is 6.29 Å². The monoisotopic (exact) mass is 388 g/mol. The number of aliphatic hydroxyl groups excluding tert-OH is 4. The largest absolute Gasteiger partial charge is 0.472 e. The highest BCUT2D eigenvalue weighted by molar-refractivity contribution is 5.92. The van der Waals surface area contributed by atoms with E-state index in [2.05, 4.69) is 0 Å². The summed E-state index contributed by atoms with van der Waals surface area (Å²) in [5.74, 6) is -2.13. The Hall–Kier alpha value is -1.56. The molecule has 152 valence electrons. The molecule has 1 aliphatic carbocycles. The molecule has 2 fully saturated rings. The number of fused-ring (bicyclic) bond motifs is 1. The summed E-state index contributed by atoms with van der Waals surface area (Å²) in [5.41, 5.74) is 0.230. The molecule has 27 heavy (non-hydrogen) atoms. The molecule has 0 spiro atoms. The second kappa shape index (κ2) is 7.82. The summed E-state index contributed by atoms with van der Waals surface area (Å²) in [4.78, 5) is 24.2. The van der Waals surface area contributed by atoms with Crippen LogP contribution >= 0.6 is 0 Å². The number of aliphatic hydroxyl groups is 4. The van der Waals surface area contributed by atoms with Gasteiger partial charge in [-0.25, -0.2) is 4.79 Å². The highest BCUT2D eigenvalue weighted by Gasteiger charge is 2.53. The van der Waals surface area contributed by atoms with Crippen molar-refractivity contribution < 1.29 is 49.0 Å². The Morgan fingerprint density at radius 3 is 2.56 bits per heavy atom. The van der Waals surface area contributed by atoms with E-state index in [1.807, 2.05) is 0 Å². The van der Waals surface area contributed by atoms with Crippen molar-refractivity contribution in [2.75, 3.05) is 13.7 Å². The molecule has 0 aromatic rings. The Labute approximate surface area is 155 Å². The topological polar surface area (TPSA) is 152 Å². The van der Waals surface area contributed by atoms with E-state index in [9.17, 15) is 30.0 Å². The van der Waals surface area contributed by atoms with Crippen LogP contribution in [0.25, 0.3) is 0 Å². The van der Waals surface area contributed by atoms with E-state index in [0.717, 1.165) is 0 Å². The number of esters is 1. The Morgan fingerprint density at radius 1 is 1.22 bits per heavy atom. The molecule has 0 unspecified atom stereocenters. The summed E-state index contributed by atoms with van der Waals surface area (Å²) in [7, 11) is 1.23. The predicted molar refractivity (Wildman–Crippen MR) is 85.6 cm³/mol. The van der Waals surface area contributed by atoms with E-state index < -0.39 is 67.3 Å². The quantitative estimate of drug-likeness (QED) is 0.400. The maximum Gasteiger partial charge on any atom is 0.337 e. The molecule has 0 aromatic carbocycles. The third kappa shape index (κ3) is 3.48. The first kappa shape index (κ1) is 20.2. The highest BCUT2D eigenvalue weighted by Crippen LogP contribution is 2.45. The van der Waals surface area contributed by atoms with Gasteiger partial charge in [0.05, 0.1) is 25.6 Å². The van der Waals surface area contributed by atoms with E-state index in [0.29, 0.717) is 0 Å². The van der Waals surface area contributed by atoms with Gasteiger partial charge in [-0.15, -0.1) is 0 Å². The van der Waals surface area contributed by atoms with Crippen LogP contribution < -0.4 is 0 Å². The first-order valence-corrected chi connectivity index (χ1v) is 8.72. The summed E-state index contributed by atoms with van der Waals surface area (Å²) in [6, 6.07) is 0. The number of ether oxygens (including phenoxy) is 4. The Balaban J connectivity index is 1.81. The van der Waals surface area contributed by atoms with Gasteiger partial charge in [-0.05, 0) is 0 Å². The minimum Gasteiger partial charge on any atom is -0.472 e. The van der Waals surface area contributed by atoms with E-state index in [1.165, 1.54) is 13.4 Å². The SMILES string of the molecule is COC(=O)C1=CO[C@H](O[C@@H]2O[C@H](CO)[C@@H](O)[C@H](O)[C@H]2O)[C@@H]2[C@H](C)C(=O)C[C@@H]12. The second-order valence-electron chi connectivity index (χ2n) is 7.05. The smallest absolute Gasteiger partial charge is 0.337 e. The summed E-state index contributed by atoms with van der Waals surface area (Å²) in [6.07, 6.45) is -6.96. The summed E-state index contributed by atoms with van der Waals surface area (Å²) >= 11 is 0. The number of methoxy groups -OCH3 is 1. The molecule has 4 N–H and O–H groups in total. The lowest BCUT2D eigenvalue weighted by molar-refractivity contribution is -0.342. The molecule has 2 aliphatic heterocycles. The number of hydrogen-bond acceptors (Lipinski definition) is 10. The fraction of sp³-hybridized carbons (Fsp3) is 0.765. The molecule has 10 heteroatoms. The van der Waals surface area contributed by atoms with Crippen molar-refractivity contribution in [3.05, 3.63) is 11.8 Å². The van der Waals surface area contributed by atoms with Gasteiger partial charge in [-0.1, -0.05) is 6.92 Å². The van der Waals surface area contributed by atoms with Crippen molar-refractivity contribution in [3.8, 4) is 0 Å². The van der Waals surface area contributed by atoms with Gasteiger partial charge in [-0.3, -0.25) is 4.79 Å². The minimum atomic E-state index is -1.59. The van der Waals surface area contributed by atoms with Crippen LogP contribution in [0.1, 0.15) is 13.3 Å². The van der Waals surface area contributed by atoms with Crippen molar-refractivity contribution in [2.45, 2.75) is 50.3 Å². The molecule has 3 rings (SSSR count). The Bertz CT molecular complexity index is 617. The molecule has 0 radical (unpaired) electrons. The van der Waals surface area contributed by atoms with Crippen LogP contribution in [0.5, 0.6) is 0 Å². The molecule has 0 bridgehead atoms. The maximum absolute atomic E-state index is 12.2. The molecular formula is C17H24O10. The number of ketones is 1. The average molecular weight is 388 g/mol. The molecule has 3 aliphatic rings. The van der Waals surface area contributed by atoms with Gasteiger partial charge in [0.25, 0.3) is 0 Å². The lowest BCUT2D eigenvalue weighted by atomic mass is 9.83. The highest BCUT2D eigenvalue weighted by atomic mass is 16.8. The van der Waals surface area contributed by atoms with E-state index in [1.54, 1.807) is 6.92 Å². The van der Waals surface area contributed by atoms with Crippen LogP contribution in [-0.2, 0) is 28.5 Å². The summed E-state index contributed by atoms with van der Waals surface area (Å²) < 4.78 is 21.2. The third-order valence-electron chi connectivity index (χ3n) is 5.55. The molecule has 9 atom stereocenters. The third-order valence-corrected chi connectivity index (χ3v) is 5.55. The normalized spacial score (nSPS) is 44.3. The standard InChI is InChI=1S/C17H24O10/c1-6-9(19)3-7-8(15(23)24-2)5-25-16(11(6)7)27-17-14(22)13(21)12(20)10(4-18)26-17/h5-7,10-14,16-18,20-22H,3-4H2,1-2H3/t6-,7+,10-,11-,12-,13+,14-,16-,17+/m1/s1. The lowest BCUT2D eigenvalue weighted by Crippen LogP contribution is -2.60. The van der Waals surface area contributed by atoms with Gasteiger partial charge in [0.2, 0.25) is 6.29 Å². The second-order valence-corrected chi connectivity index (χ2v) is 7.05. The van der Waals surface area contributed by atoms with Gasteiger partial charge in [0.1, 0.15) is 30.2 Å². The molecule has 0 amide bonds. The lowest BCUT2D eigenvalue weighted by Gasteiger charge is -2.42. The zero-order valence-corrected chi connectivity index (χ0v) is 14.9.